The molecule has 1 aliphatic heterocycles. The number of aromatic nitrogens is 4. The maximum absolute atomic E-state index is 14.7. The molecule has 2 fully saturated rings. The van der Waals surface area contributed by atoms with Gasteiger partial charge in [-0.05, 0) is 86.5 Å². The summed E-state index contributed by atoms with van der Waals surface area (Å²) in [5.41, 5.74) is 5.70. The number of likely N-dealkylation sites (tertiary alicyclic amines) is 1. The molecule has 4 heterocycles. The Hall–Kier alpha value is -3.98. The minimum absolute atomic E-state index is 0.0665. The SMILES string of the molecule is C=C(CN1CCC(c2ccc3ncc(-n4cc(-c5cc(C(=O)NC6CC6)c(F)cc5C)cn4)n3c2)CC1)N(C)C. The molecular formula is C31H36FN7O. The zero-order chi connectivity index (χ0) is 28.0. The van der Waals surface area contributed by atoms with Crippen molar-refractivity contribution in [2.75, 3.05) is 33.7 Å². The van der Waals surface area contributed by atoms with Gasteiger partial charge in [0.05, 0.1) is 18.0 Å². The van der Waals surface area contributed by atoms with Crippen LogP contribution in [0.15, 0.2) is 61.3 Å². The zero-order valence-corrected chi connectivity index (χ0v) is 23.4. The Bertz CT molecular complexity index is 1570. The molecule has 8 nitrogen and oxygen atoms in total. The van der Waals surface area contributed by atoms with Crippen molar-refractivity contribution in [3.8, 4) is 16.9 Å². The predicted octanol–water partition coefficient (Wildman–Crippen LogP) is 4.78. The average Bonchev–Trinajstić information content (AvgIpc) is 3.44. The second-order valence-corrected chi connectivity index (χ2v) is 11.4. The van der Waals surface area contributed by atoms with E-state index in [4.69, 9.17) is 0 Å². The highest BCUT2D eigenvalue weighted by Crippen LogP contribution is 2.31. The molecule has 1 aliphatic carbocycles. The average molecular weight is 542 g/mol. The fourth-order valence-corrected chi connectivity index (χ4v) is 5.45. The molecule has 208 valence electrons. The summed E-state index contributed by atoms with van der Waals surface area (Å²) >= 11 is 0. The first-order valence-electron chi connectivity index (χ1n) is 14.0. The Morgan fingerprint density at radius 1 is 1.12 bits per heavy atom. The Balaban J connectivity index is 1.23. The maximum Gasteiger partial charge on any atom is 0.254 e. The number of carbonyl (C=O) groups is 1. The highest BCUT2D eigenvalue weighted by Gasteiger charge is 2.26. The summed E-state index contributed by atoms with van der Waals surface area (Å²) in [6.07, 6.45) is 11.8. The summed E-state index contributed by atoms with van der Waals surface area (Å²) < 4.78 is 18.5. The van der Waals surface area contributed by atoms with Gasteiger partial charge in [-0.25, -0.2) is 14.1 Å². The van der Waals surface area contributed by atoms with Crippen molar-refractivity contribution in [1.29, 1.82) is 0 Å². The van der Waals surface area contributed by atoms with Crippen molar-refractivity contribution in [3.63, 3.8) is 0 Å². The molecule has 1 N–H and O–H groups in total. The van der Waals surface area contributed by atoms with Crippen LogP contribution < -0.4 is 5.32 Å². The number of aryl methyl sites for hydroxylation is 1. The molecule has 9 heteroatoms. The number of nitrogens with zero attached hydrogens (tertiary/aromatic N) is 6. The third kappa shape index (κ3) is 5.25. The van der Waals surface area contributed by atoms with Crippen molar-refractivity contribution >= 4 is 11.6 Å². The number of halogens is 1. The van der Waals surface area contributed by atoms with E-state index in [1.807, 2.05) is 33.4 Å². The molecular weight excluding hydrogens is 505 g/mol. The van der Waals surface area contributed by atoms with Crippen LogP contribution >= 0.6 is 0 Å². The number of amides is 1. The van der Waals surface area contributed by atoms with Gasteiger partial charge in [-0.3, -0.25) is 14.1 Å². The molecule has 0 atom stereocenters. The molecule has 0 bridgehead atoms. The first-order chi connectivity index (χ1) is 19.3. The number of hydrogen-bond donors (Lipinski definition) is 1. The number of hydrogen-bond acceptors (Lipinski definition) is 5. The zero-order valence-electron chi connectivity index (χ0n) is 23.4. The molecule has 40 heavy (non-hydrogen) atoms. The number of imidazole rings is 1. The van der Waals surface area contributed by atoms with Crippen molar-refractivity contribution in [2.24, 2.45) is 0 Å². The van der Waals surface area contributed by atoms with E-state index in [1.54, 1.807) is 16.9 Å². The summed E-state index contributed by atoms with van der Waals surface area (Å²) in [6, 6.07) is 7.48. The Morgan fingerprint density at radius 2 is 1.90 bits per heavy atom. The quantitative estimate of drug-likeness (QED) is 0.348. The summed E-state index contributed by atoms with van der Waals surface area (Å²) in [5, 5.41) is 7.50. The van der Waals surface area contributed by atoms with E-state index in [0.29, 0.717) is 5.92 Å². The predicted molar refractivity (Wildman–Crippen MR) is 154 cm³/mol. The fraction of sp³-hybridized carbons (Fsp3) is 0.387. The second-order valence-electron chi connectivity index (χ2n) is 11.4. The molecule has 1 amide bonds. The molecule has 4 aromatic rings. The van der Waals surface area contributed by atoms with Crippen LogP contribution in [0.1, 0.15) is 53.1 Å². The number of piperidine rings is 1. The molecule has 1 saturated heterocycles. The van der Waals surface area contributed by atoms with Crippen molar-refractivity contribution in [3.05, 3.63) is 83.8 Å². The number of rotatable bonds is 8. The highest BCUT2D eigenvalue weighted by molar-refractivity contribution is 5.96. The smallest absolute Gasteiger partial charge is 0.254 e. The van der Waals surface area contributed by atoms with E-state index < -0.39 is 5.82 Å². The van der Waals surface area contributed by atoms with Crippen LogP contribution in [0.5, 0.6) is 0 Å². The standard InChI is InChI=1S/C31H36FN7O/c1-20-13-28(32)27(31(40)35-25-6-7-25)14-26(20)24-15-34-39(19-24)30-16-33-29-8-5-23(18-38(29)30)22-9-11-37(12-10-22)17-21(2)36(3)4/h5,8,13-16,18-19,22,25H,2,6-7,9-12,17H2,1,3-4H3,(H,35,40). The second kappa shape index (κ2) is 10.5. The van der Waals surface area contributed by atoms with E-state index in [9.17, 15) is 9.18 Å². The first-order valence-corrected chi connectivity index (χ1v) is 14.0. The fourth-order valence-electron chi connectivity index (χ4n) is 5.45. The van der Waals surface area contributed by atoms with E-state index in [0.717, 1.165) is 79.2 Å². The highest BCUT2D eigenvalue weighted by atomic mass is 19.1. The van der Waals surface area contributed by atoms with Gasteiger partial charge in [0.25, 0.3) is 5.91 Å². The number of pyridine rings is 1. The van der Waals surface area contributed by atoms with Crippen LogP contribution in [0, 0.1) is 12.7 Å². The van der Waals surface area contributed by atoms with E-state index in [-0.39, 0.29) is 17.5 Å². The van der Waals surface area contributed by atoms with Gasteiger partial charge in [0, 0.05) is 50.3 Å². The third-order valence-corrected chi connectivity index (χ3v) is 8.21. The van der Waals surface area contributed by atoms with Crippen LogP contribution in [0.3, 0.4) is 0 Å². The molecule has 3 aromatic heterocycles. The van der Waals surface area contributed by atoms with Crippen LogP contribution in [-0.4, -0.2) is 74.6 Å². The Morgan fingerprint density at radius 3 is 2.62 bits per heavy atom. The van der Waals surface area contributed by atoms with Gasteiger partial charge < -0.3 is 10.2 Å². The first kappa shape index (κ1) is 26.3. The lowest BCUT2D eigenvalue weighted by atomic mass is 9.90. The number of carbonyl (C=O) groups excluding carboxylic acids is 1. The van der Waals surface area contributed by atoms with Gasteiger partial charge in [-0.2, -0.15) is 5.10 Å². The summed E-state index contributed by atoms with van der Waals surface area (Å²) in [4.78, 5) is 21.8. The maximum atomic E-state index is 14.7. The Labute approximate surface area is 234 Å². The summed E-state index contributed by atoms with van der Waals surface area (Å²) in [5.74, 6) is 0.444. The van der Waals surface area contributed by atoms with Crippen molar-refractivity contribution < 1.29 is 9.18 Å². The number of nitrogens with one attached hydrogen (secondary N) is 1. The van der Waals surface area contributed by atoms with Crippen LogP contribution in [0.4, 0.5) is 4.39 Å². The molecule has 1 saturated carbocycles. The van der Waals surface area contributed by atoms with Gasteiger partial charge in [-0.1, -0.05) is 12.6 Å². The molecule has 1 aromatic carbocycles. The van der Waals surface area contributed by atoms with Crippen LogP contribution in [-0.2, 0) is 0 Å². The van der Waals surface area contributed by atoms with Gasteiger partial charge in [0.1, 0.15) is 11.5 Å². The largest absolute Gasteiger partial charge is 0.380 e. The summed E-state index contributed by atoms with van der Waals surface area (Å²) in [6.45, 7) is 9.03. The van der Waals surface area contributed by atoms with Crippen LogP contribution in [0.25, 0.3) is 22.6 Å². The lowest BCUT2D eigenvalue weighted by Gasteiger charge is -2.33. The molecule has 2 aliphatic rings. The number of fused-ring (bicyclic) bond motifs is 1. The molecule has 6 rings (SSSR count). The van der Waals surface area contributed by atoms with Gasteiger partial charge in [-0.15, -0.1) is 0 Å². The summed E-state index contributed by atoms with van der Waals surface area (Å²) in [7, 11) is 4.09. The third-order valence-electron chi connectivity index (χ3n) is 8.21. The van der Waals surface area contributed by atoms with E-state index in [2.05, 4.69) is 54.5 Å². The monoisotopic (exact) mass is 541 g/mol. The van der Waals surface area contributed by atoms with Crippen molar-refractivity contribution in [1.82, 2.24) is 34.3 Å². The molecule has 0 spiro atoms. The van der Waals surface area contributed by atoms with Gasteiger partial charge in [0.15, 0.2) is 5.82 Å². The normalized spacial score (nSPS) is 16.4. The Kier molecular flexibility index (Phi) is 6.92. The minimum atomic E-state index is -0.505. The lowest BCUT2D eigenvalue weighted by molar-refractivity contribution is 0.0947. The van der Waals surface area contributed by atoms with E-state index in [1.165, 1.54) is 11.6 Å². The molecule has 0 radical (unpaired) electrons. The van der Waals surface area contributed by atoms with Crippen molar-refractivity contribution in [2.45, 2.75) is 44.6 Å². The molecule has 0 unspecified atom stereocenters. The van der Waals surface area contributed by atoms with Gasteiger partial charge in [0.2, 0.25) is 0 Å². The number of likely N-dealkylation sites (N-methyl/N-ethyl adjacent to an activating group) is 1. The van der Waals surface area contributed by atoms with Gasteiger partial charge >= 0.3 is 0 Å². The minimum Gasteiger partial charge on any atom is -0.380 e. The van der Waals surface area contributed by atoms with E-state index >= 15 is 0 Å². The van der Waals surface area contributed by atoms with Crippen LogP contribution in [0.2, 0.25) is 0 Å². The topological polar surface area (TPSA) is 70.7 Å². The number of benzene rings is 1. The lowest BCUT2D eigenvalue weighted by Crippen LogP contribution is -2.36.